The van der Waals surface area contributed by atoms with E-state index in [1.54, 1.807) is 28.6 Å². The summed E-state index contributed by atoms with van der Waals surface area (Å²) in [7, 11) is -3.31. The van der Waals surface area contributed by atoms with Crippen LogP contribution in [0.5, 0.6) is 0 Å². The number of benzene rings is 1. The first-order chi connectivity index (χ1) is 9.59. The first-order valence-electron chi connectivity index (χ1n) is 7.38. The maximum atomic E-state index is 12.5. The summed E-state index contributed by atoms with van der Waals surface area (Å²) >= 11 is 0. The largest absolute Gasteiger partial charge is 0.301 e. The monoisotopic (exact) mass is 296 g/mol. The quantitative estimate of drug-likeness (QED) is 0.836. The minimum absolute atomic E-state index is 0.404. The number of sulfonamides is 1. The van der Waals surface area contributed by atoms with Crippen LogP contribution in [0.3, 0.4) is 0 Å². The van der Waals surface area contributed by atoms with Crippen molar-refractivity contribution in [1.82, 2.24) is 9.21 Å². The normalized spacial score (nSPS) is 18.6. The third-order valence-corrected chi connectivity index (χ3v) is 6.05. The first-order valence-corrected chi connectivity index (χ1v) is 8.82. The molecule has 20 heavy (non-hydrogen) atoms. The second-order valence-electron chi connectivity index (χ2n) is 5.17. The van der Waals surface area contributed by atoms with Gasteiger partial charge in [0.05, 0.1) is 4.90 Å². The van der Waals surface area contributed by atoms with E-state index < -0.39 is 10.0 Å². The summed E-state index contributed by atoms with van der Waals surface area (Å²) in [6, 6.07) is 9.25. The van der Waals surface area contributed by atoms with Crippen molar-refractivity contribution >= 4 is 10.0 Å². The summed E-state index contributed by atoms with van der Waals surface area (Å²) in [6.07, 6.45) is 1.85. The Hall–Kier alpha value is -0.910. The lowest BCUT2D eigenvalue weighted by molar-refractivity contribution is 0.152. The highest BCUT2D eigenvalue weighted by atomic mass is 32.2. The van der Waals surface area contributed by atoms with Crippen molar-refractivity contribution in [3.05, 3.63) is 30.3 Å². The van der Waals surface area contributed by atoms with Crippen LogP contribution < -0.4 is 0 Å². The van der Waals surface area contributed by atoms with E-state index in [0.29, 0.717) is 24.0 Å². The van der Waals surface area contributed by atoms with Crippen LogP contribution in [0.2, 0.25) is 0 Å². The summed E-state index contributed by atoms with van der Waals surface area (Å²) in [5.74, 6) is 0. The number of rotatable bonds is 5. The SMILES string of the molecule is CCN(CC)C1CCN(S(=O)(=O)c2ccccc2)CC1. The smallest absolute Gasteiger partial charge is 0.243 e. The number of hydrogen-bond donors (Lipinski definition) is 0. The predicted molar refractivity (Wildman–Crippen MR) is 81.1 cm³/mol. The Morgan fingerprint density at radius 2 is 1.65 bits per heavy atom. The van der Waals surface area contributed by atoms with Gasteiger partial charge in [-0.1, -0.05) is 32.0 Å². The lowest BCUT2D eigenvalue weighted by Gasteiger charge is -2.37. The minimum Gasteiger partial charge on any atom is -0.301 e. The summed E-state index contributed by atoms with van der Waals surface area (Å²) < 4.78 is 26.7. The average molecular weight is 296 g/mol. The second-order valence-corrected chi connectivity index (χ2v) is 7.11. The van der Waals surface area contributed by atoms with Crippen molar-refractivity contribution in [3.63, 3.8) is 0 Å². The van der Waals surface area contributed by atoms with Crippen molar-refractivity contribution in [3.8, 4) is 0 Å². The molecule has 0 saturated carbocycles. The molecule has 2 rings (SSSR count). The van der Waals surface area contributed by atoms with Gasteiger partial charge in [0.2, 0.25) is 10.0 Å². The summed E-state index contributed by atoms with van der Waals surface area (Å²) in [5, 5.41) is 0. The van der Waals surface area contributed by atoms with Gasteiger partial charge in [-0.05, 0) is 38.1 Å². The topological polar surface area (TPSA) is 40.6 Å². The molecule has 0 aliphatic carbocycles. The lowest BCUT2D eigenvalue weighted by Crippen LogP contribution is -2.46. The van der Waals surface area contributed by atoms with E-state index in [2.05, 4.69) is 18.7 Å². The molecule has 1 fully saturated rings. The van der Waals surface area contributed by atoms with Crippen molar-refractivity contribution in [2.24, 2.45) is 0 Å². The molecule has 0 radical (unpaired) electrons. The Balaban J connectivity index is 2.04. The molecule has 1 aliphatic heterocycles. The molecule has 0 spiro atoms. The Kier molecular flexibility index (Phi) is 5.18. The van der Waals surface area contributed by atoms with Gasteiger partial charge in [-0.3, -0.25) is 0 Å². The lowest BCUT2D eigenvalue weighted by atomic mass is 10.1. The second kappa shape index (κ2) is 6.70. The van der Waals surface area contributed by atoms with Crippen LogP contribution in [0.1, 0.15) is 26.7 Å². The standard InChI is InChI=1S/C15H24N2O2S/c1-3-16(4-2)14-10-12-17(13-11-14)20(18,19)15-8-6-5-7-9-15/h5-9,14H,3-4,10-13H2,1-2H3. The van der Waals surface area contributed by atoms with E-state index in [1.165, 1.54) is 0 Å². The number of hydrogen-bond acceptors (Lipinski definition) is 3. The molecule has 112 valence electrons. The predicted octanol–water partition coefficient (Wildman–Crippen LogP) is 2.18. The molecule has 0 atom stereocenters. The molecule has 0 N–H and O–H groups in total. The number of piperidine rings is 1. The zero-order valence-corrected chi connectivity index (χ0v) is 13.1. The van der Waals surface area contributed by atoms with Gasteiger partial charge >= 0.3 is 0 Å². The van der Waals surface area contributed by atoms with E-state index in [0.717, 1.165) is 25.9 Å². The fourth-order valence-electron chi connectivity index (χ4n) is 2.93. The van der Waals surface area contributed by atoms with Crippen molar-refractivity contribution in [1.29, 1.82) is 0 Å². The van der Waals surface area contributed by atoms with Crippen LogP contribution in [0.15, 0.2) is 35.2 Å². The highest BCUT2D eigenvalue weighted by Crippen LogP contribution is 2.22. The van der Waals surface area contributed by atoms with Gasteiger partial charge in [0.1, 0.15) is 0 Å². The third kappa shape index (κ3) is 3.22. The van der Waals surface area contributed by atoms with E-state index in [-0.39, 0.29) is 0 Å². The van der Waals surface area contributed by atoms with Crippen molar-refractivity contribution < 1.29 is 8.42 Å². The van der Waals surface area contributed by atoms with E-state index in [1.807, 2.05) is 6.07 Å². The Morgan fingerprint density at radius 1 is 1.10 bits per heavy atom. The minimum atomic E-state index is -3.31. The highest BCUT2D eigenvalue weighted by Gasteiger charge is 2.30. The van der Waals surface area contributed by atoms with Gasteiger partial charge in [0.15, 0.2) is 0 Å². The van der Waals surface area contributed by atoms with Crippen molar-refractivity contribution in [2.45, 2.75) is 37.6 Å². The Morgan fingerprint density at radius 3 is 2.15 bits per heavy atom. The zero-order valence-electron chi connectivity index (χ0n) is 12.3. The maximum absolute atomic E-state index is 12.5. The molecule has 0 aromatic heterocycles. The molecule has 0 amide bonds. The summed E-state index contributed by atoms with van der Waals surface area (Å²) in [5.41, 5.74) is 0. The van der Waals surface area contributed by atoms with Crippen LogP contribution in [0, 0.1) is 0 Å². The molecule has 1 aliphatic rings. The van der Waals surface area contributed by atoms with Gasteiger partial charge in [-0.25, -0.2) is 8.42 Å². The molecule has 1 aromatic rings. The van der Waals surface area contributed by atoms with Gasteiger partial charge in [0.25, 0.3) is 0 Å². The zero-order chi connectivity index (χ0) is 14.6. The van der Waals surface area contributed by atoms with E-state index >= 15 is 0 Å². The summed E-state index contributed by atoms with van der Waals surface area (Å²) in [6.45, 7) is 7.64. The Labute approximate surface area is 122 Å². The maximum Gasteiger partial charge on any atom is 0.243 e. The van der Waals surface area contributed by atoms with Crippen LogP contribution in [-0.4, -0.2) is 49.8 Å². The van der Waals surface area contributed by atoms with Crippen LogP contribution in [0.25, 0.3) is 0 Å². The molecule has 1 heterocycles. The van der Waals surface area contributed by atoms with Gasteiger partial charge < -0.3 is 4.90 Å². The molecule has 0 unspecified atom stereocenters. The highest BCUT2D eigenvalue weighted by molar-refractivity contribution is 7.89. The van der Waals surface area contributed by atoms with Crippen molar-refractivity contribution in [2.75, 3.05) is 26.2 Å². The van der Waals surface area contributed by atoms with Gasteiger partial charge in [0, 0.05) is 19.1 Å². The molecular formula is C15H24N2O2S. The molecule has 1 aromatic carbocycles. The van der Waals surface area contributed by atoms with E-state index in [4.69, 9.17) is 0 Å². The fraction of sp³-hybridized carbons (Fsp3) is 0.600. The third-order valence-electron chi connectivity index (χ3n) is 4.13. The van der Waals surface area contributed by atoms with Crippen LogP contribution >= 0.6 is 0 Å². The van der Waals surface area contributed by atoms with Gasteiger partial charge in [-0.15, -0.1) is 0 Å². The molecular weight excluding hydrogens is 272 g/mol. The average Bonchev–Trinajstić information content (AvgIpc) is 2.50. The molecule has 4 nitrogen and oxygen atoms in total. The summed E-state index contributed by atoms with van der Waals surface area (Å²) in [4.78, 5) is 2.83. The van der Waals surface area contributed by atoms with Gasteiger partial charge in [-0.2, -0.15) is 4.31 Å². The Bertz CT molecular complexity index is 504. The van der Waals surface area contributed by atoms with Crippen LogP contribution in [-0.2, 0) is 10.0 Å². The molecule has 5 heteroatoms. The fourth-order valence-corrected chi connectivity index (χ4v) is 4.42. The van der Waals surface area contributed by atoms with Crippen LogP contribution in [0.4, 0.5) is 0 Å². The number of nitrogens with zero attached hydrogens (tertiary/aromatic N) is 2. The molecule has 1 saturated heterocycles. The van der Waals surface area contributed by atoms with E-state index in [9.17, 15) is 8.42 Å². The molecule has 0 bridgehead atoms. The first kappa shape index (κ1) is 15.5.